The second-order valence-corrected chi connectivity index (χ2v) is 4.81. The van der Waals surface area contributed by atoms with Gasteiger partial charge in [0.1, 0.15) is 17.4 Å². The van der Waals surface area contributed by atoms with Crippen molar-refractivity contribution >= 4 is 29.8 Å². The number of aldehydes is 2. The molecule has 92 valence electrons. The molecule has 0 aliphatic carbocycles. The third-order valence-electron chi connectivity index (χ3n) is 2.19. The van der Waals surface area contributed by atoms with E-state index < -0.39 is 6.04 Å². The van der Waals surface area contributed by atoms with Gasteiger partial charge in [0.05, 0.1) is 16.7 Å². The summed E-state index contributed by atoms with van der Waals surface area (Å²) >= 11 is 1.29. The van der Waals surface area contributed by atoms with Crippen molar-refractivity contribution in [3.63, 3.8) is 0 Å². The highest BCUT2D eigenvalue weighted by Crippen LogP contribution is 2.16. The number of hydrogen-bond acceptors (Lipinski definition) is 5. The number of carbonyl (C=O) groups excluding carboxylic acids is 3. The van der Waals surface area contributed by atoms with Gasteiger partial charge in [0.25, 0.3) is 5.91 Å². The number of thiazole rings is 1. The quantitative estimate of drug-likeness (QED) is 0.769. The van der Waals surface area contributed by atoms with Gasteiger partial charge >= 0.3 is 0 Å². The zero-order valence-corrected chi connectivity index (χ0v) is 10.5. The molecule has 1 rings (SSSR count). The van der Waals surface area contributed by atoms with E-state index in [1.807, 2.05) is 6.92 Å². The highest BCUT2D eigenvalue weighted by atomic mass is 32.1. The zero-order valence-electron chi connectivity index (χ0n) is 9.73. The standard InChI is InChI=1S/C11H14N2O3S/c1-7-10(17-8(2)12-7)11(16)13-9(6-15)4-3-5-14/h5-6,9H,3-4H2,1-2H3,(H,13,16)/t9-/m0/s1. The summed E-state index contributed by atoms with van der Waals surface area (Å²) in [5, 5.41) is 3.38. The number of aromatic nitrogens is 1. The van der Waals surface area contributed by atoms with Gasteiger partial charge in [-0.05, 0) is 20.3 Å². The number of carbonyl (C=O) groups is 3. The van der Waals surface area contributed by atoms with Crippen molar-refractivity contribution in [2.75, 3.05) is 0 Å². The van der Waals surface area contributed by atoms with Crippen LogP contribution in [0.4, 0.5) is 0 Å². The van der Waals surface area contributed by atoms with Gasteiger partial charge in [-0.3, -0.25) is 4.79 Å². The van der Waals surface area contributed by atoms with Gasteiger partial charge in [-0.1, -0.05) is 0 Å². The highest BCUT2D eigenvalue weighted by Gasteiger charge is 2.17. The first-order chi connectivity index (χ1) is 8.08. The summed E-state index contributed by atoms with van der Waals surface area (Å²) in [6.45, 7) is 3.57. The predicted molar refractivity (Wildman–Crippen MR) is 64.2 cm³/mol. The SMILES string of the molecule is Cc1nc(C)c(C(=O)N[C@H](C=O)CCC=O)s1. The molecule has 6 heteroatoms. The minimum absolute atomic E-state index is 0.254. The maximum absolute atomic E-state index is 11.8. The molecule has 1 amide bonds. The number of hydrogen-bond donors (Lipinski definition) is 1. The second-order valence-electron chi connectivity index (χ2n) is 3.61. The van der Waals surface area contributed by atoms with Crippen molar-refractivity contribution in [3.8, 4) is 0 Å². The minimum atomic E-state index is -0.616. The Morgan fingerprint density at radius 1 is 1.47 bits per heavy atom. The van der Waals surface area contributed by atoms with E-state index in [0.717, 1.165) is 11.3 Å². The summed E-state index contributed by atoms with van der Waals surface area (Å²) in [5.74, 6) is -0.309. The lowest BCUT2D eigenvalue weighted by Crippen LogP contribution is -2.35. The molecule has 1 heterocycles. The molecule has 1 aromatic rings. The first-order valence-corrected chi connectivity index (χ1v) is 6.04. The first-order valence-electron chi connectivity index (χ1n) is 5.22. The fourth-order valence-electron chi connectivity index (χ4n) is 1.40. The largest absolute Gasteiger partial charge is 0.342 e. The fraction of sp³-hybridized carbons (Fsp3) is 0.455. The molecule has 1 aromatic heterocycles. The summed E-state index contributed by atoms with van der Waals surface area (Å²) in [6, 6.07) is -0.616. The van der Waals surface area contributed by atoms with Crippen LogP contribution in [-0.4, -0.2) is 29.5 Å². The van der Waals surface area contributed by atoms with Crippen LogP contribution in [0.25, 0.3) is 0 Å². The van der Waals surface area contributed by atoms with Gasteiger partial charge in [-0.15, -0.1) is 11.3 Å². The summed E-state index contributed by atoms with van der Waals surface area (Å²) in [6.07, 6.45) is 1.95. The number of amides is 1. The van der Waals surface area contributed by atoms with Crippen molar-refractivity contribution < 1.29 is 14.4 Å². The van der Waals surface area contributed by atoms with E-state index in [0.29, 0.717) is 23.3 Å². The maximum Gasteiger partial charge on any atom is 0.263 e. The Hall–Kier alpha value is -1.56. The summed E-state index contributed by atoms with van der Waals surface area (Å²) < 4.78 is 0. The Balaban J connectivity index is 2.67. The van der Waals surface area contributed by atoms with Crippen molar-refractivity contribution in [2.24, 2.45) is 0 Å². The molecule has 17 heavy (non-hydrogen) atoms. The van der Waals surface area contributed by atoms with Crippen molar-refractivity contribution in [3.05, 3.63) is 15.6 Å². The van der Waals surface area contributed by atoms with Crippen LogP contribution in [-0.2, 0) is 9.59 Å². The molecule has 0 radical (unpaired) electrons. The average Bonchev–Trinajstić information content (AvgIpc) is 2.63. The third kappa shape index (κ3) is 3.74. The molecule has 0 aliphatic rings. The van der Waals surface area contributed by atoms with Crippen LogP contribution in [0.3, 0.4) is 0 Å². The van der Waals surface area contributed by atoms with E-state index in [2.05, 4.69) is 10.3 Å². The van der Waals surface area contributed by atoms with E-state index in [1.165, 1.54) is 11.3 Å². The topological polar surface area (TPSA) is 76.1 Å². The second kappa shape index (κ2) is 6.24. The molecule has 0 bridgehead atoms. The van der Waals surface area contributed by atoms with E-state index in [9.17, 15) is 14.4 Å². The molecule has 0 spiro atoms. The first kappa shape index (κ1) is 13.5. The van der Waals surface area contributed by atoms with Crippen LogP contribution >= 0.6 is 11.3 Å². The lowest BCUT2D eigenvalue weighted by molar-refractivity contribution is -0.110. The molecule has 1 atom stereocenters. The molecular formula is C11H14N2O3S. The van der Waals surface area contributed by atoms with Crippen molar-refractivity contribution in [1.29, 1.82) is 0 Å². The average molecular weight is 254 g/mol. The Morgan fingerprint density at radius 2 is 2.18 bits per heavy atom. The van der Waals surface area contributed by atoms with Gasteiger partial charge in [-0.2, -0.15) is 0 Å². The lowest BCUT2D eigenvalue weighted by atomic mass is 10.2. The van der Waals surface area contributed by atoms with E-state index >= 15 is 0 Å². The van der Waals surface area contributed by atoms with Crippen molar-refractivity contribution in [1.82, 2.24) is 10.3 Å². The minimum Gasteiger partial charge on any atom is -0.342 e. The molecular weight excluding hydrogens is 240 g/mol. The van der Waals surface area contributed by atoms with Gasteiger partial charge in [0.15, 0.2) is 0 Å². The smallest absolute Gasteiger partial charge is 0.263 e. The molecule has 0 fully saturated rings. The van der Waals surface area contributed by atoms with Gasteiger partial charge in [0, 0.05) is 6.42 Å². The van der Waals surface area contributed by atoms with Gasteiger partial charge in [-0.25, -0.2) is 4.98 Å². The molecule has 5 nitrogen and oxygen atoms in total. The van der Waals surface area contributed by atoms with Gasteiger partial charge in [0.2, 0.25) is 0 Å². The number of aryl methyl sites for hydroxylation is 2. The van der Waals surface area contributed by atoms with E-state index in [4.69, 9.17) is 0 Å². The zero-order chi connectivity index (χ0) is 12.8. The van der Waals surface area contributed by atoms with Crippen LogP contribution in [0.2, 0.25) is 0 Å². The van der Waals surface area contributed by atoms with E-state index in [1.54, 1.807) is 6.92 Å². The van der Waals surface area contributed by atoms with Gasteiger partial charge < -0.3 is 14.9 Å². The maximum atomic E-state index is 11.8. The fourth-order valence-corrected chi connectivity index (χ4v) is 2.22. The molecule has 1 N–H and O–H groups in total. The molecule has 0 aliphatic heterocycles. The summed E-state index contributed by atoms with van der Waals surface area (Å²) in [5.41, 5.74) is 0.657. The summed E-state index contributed by atoms with van der Waals surface area (Å²) in [7, 11) is 0. The Bertz CT molecular complexity index is 428. The molecule has 0 unspecified atom stereocenters. The normalized spacial score (nSPS) is 11.9. The molecule has 0 saturated heterocycles. The van der Waals surface area contributed by atoms with E-state index in [-0.39, 0.29) is 12.3 Å². The Labute approximate surface area is 103 Å². The van der Waals surface area contributed by atoms with Crippen molar-refractivity contribution in [2.45, 2.75) is 32.7 Å². The Morgan fingerprint density at radius 3 is 2.65 bits per heavy atom. The van der Waals surface area contributed by atoms with Crippen LogP contribution < -0.4 is 5.32 Å². The number of rotatable bonds is 6. The monoisotopic (exact) mass is 254 g/mol. The molecule has 0 aromatic carbocycles. The summed E-state index contributed by atoms with van der Waals surface area (Å²) in [4.78, 5) is 37.4. The number of nitrogens with zero attached hydrogens (tertiary/aromatic N) is 1. The Kier molecular flexibility index (Phi) is 4.96. The molecule has 0 saturated carbocycles. The number of nitrogens with one attached hydrogen (secondary N) is 1. The lowest BCUT2D eigenvalue weighted by Gasteiger charge is -2.10. The van der Waals surface area contributed by atoms with Crippen LogP contribution in [0, 0.1) is 13.8 Å². The highest BCUT2D eigenvalue weighted by molar-refractivity contribution is 7.13. The third-order valence-corrected chi connectivity index (χ3v) is 3.26. The van der Waals surface area contributed by atoms with Crippen LogP contribution in [0.1, 0.15) is 33.2 Å². The predicted octanol–water partition coefficient (Wildman–Crippen LogP) is 1.04. The van der Waals surface area contributed by atoms with Crippen LogP contribution in [0.5, 0.6) is 0 Å². The van der Waals surface area contributed by atoms with Crippen LogP contribution in [0.15, 0.2) is 0 Å².